The Bertz CT molecular complexity index is 1040. The zero-order chi connectivity index (χ0) is 20.3. The Hall–Kier alpha value is -2.67. The lowest BCUT2D eigenvalue weighted by molar-refractivity contribution is 0.0600. The van der Waals surface area contributed by atoms with Gasteiger partial charge in [-0.1, -0.05) is 11.6 Å². The third-order valence-electron chi connectivity index (χ3n) is 4.41. The summed E-state index contributed by atoms with van der Waals surface area (Å²) in [5.74, 6) is -0.0109. The van der Waals surface area contributed by atoms with Gasteiger partial charge in [-0.25, -0.2) is 18.2 Å². The largest absolute Gasteiger partial charge is 0.465 e. The van der Waals surface area contributed by atoms with Gasteiger partial charge in [0.1, 0.15) is 10.7 Å². The molecule has 0 amide bonds. The lowest BCUT2D eigenvalue weighted by Crippen LogP contribution is -2.49. The topological polar surface area (TPSA) is 104 Å². The van der Waals surface area contributed by atoms with Gasteiger partial charge in [-0.05, 0) is 30.3 Å². The number of esters is 1. The van der Waals surface area contributed by atoms with E-state index < -0.39 is 16.0 Å². The molecule has 10 heteroatoms. The summed E-state index contributed by atoms with van der Waals surface area (Å²) in [5, 5.41) is 9.05. The van der Waals surface area contributed by atoms with Gasteiger partial charge in [0.05, 0.1) is 29.3 Å². The number of aromatic nitrogens is 1. The maximum Gasteiger partial charge on any atom is 0.337 e. The summed E-state index contributed by atoms with van der Waals surface area (Å²) in [5.41, 5.74) is 0.605. The molecule has 8 nitrogen and oxygen atoms in total. The third kappa shape index (κ3) is 3.94. The third-order valence-corrected chi connectivity index (χ3v) is 6.79. The number of rotatable bonds is 4. The van der Waals surface area contributed by atoms with Crippen LogP contribution >= 0.6 is 11.6 Å². The van der Waals surface area contributed by atoms with E-state index in [4.69, 9.17) is 16.9 Å². The van der Waals surface area contributed by atoms with E-state index in [2.05, 4.69) is 15.8 Å². The predicted octanol–water partition coefficient (Wildman–Crippen LogP) is 1.90. The molecule has 1 fully saturated rings. The molecule has 1 aliphatic rings. The van der Waals surface area contributed by atoms with Gasteiger partial charge in [-0.3, -0.25) is 0 Å². The normalized spacial score (nSPS) is 15.1. The van der Waals surface area contributed by atoms with E-state index in [-0.39, 0.29) is 28.6 Å². The SMILES string of the molecule is COC(=O)c1ccc(Cl)c(S(=O)(=O)N2CCN(c3cc(C#N)ccn3)CC2)c1. The molecule has 0 N–H and O–H groups in total. The number of nitrogens with zero attached hydrogens (tertiary/aromatic N) is 4. The van der Waals surface area contributed by atoms with Crippen molar-refractivity contribution in [1.82, 2.24) is 9.29 Å². The van der Waals surface area contributed by atoms with Gasteiger partial charge in [-0.2, -0.15) is 9.57 Å². The van der Waals surface area contributed by atoms with Crippen LogP contribution in [0, 0.1) is 11.3 Å². The Morgan fingerprint density at radius 2 is 1.93 bits per heavy atom. The average molecular weight is 421 g/mol. The quantitative estimate of drug-likeness (QED) is 0.696. The van der Waals surface area contributed by atoms with Crippen molar-refractivity contribution in [1.29, 1.82) is 5.26 Å². The summed E-state index contributed by atoms with van der Waals surface area (Å²) < 4.78 is 32.0. The maximum atomic E-state index is 13.0. The van der Waals surface area contributed by atoms with Crippen molar-refractivity contribution in [3.05, 3.63) is 52.7 Å². The minimum absolute atomic E-state index is 0.0403. The van der Waals surface area contributed by atoms with Crippen LogP contribution in [-0.4, -0.2) is 57.0 Å². The second kappa shape index (κ2) is 8.14. The van der Waals surface area contributed by atoms with Gasteiger partial charge < -0.3 is 9.64 Å². The molecule has 1 aromatic carbocycles. The number of carbonyl (C=O) groups is 1. The van der Waals surface area contributed by atoms with Crippen molar-refractivity contribution >= 4 is 33.4 Å². The molecule has 1 aromatic heterocycles. The second-order valence-corrected chi connectivity index (χ2v) is 8.36. The standard InChI is InChI=1S/C18H17ClN4O4S/c1-27-18(24)14-2-3-15(19)16(11-14)28(25,26)23-8-6-22(7-9-23)17-10-13(12-20)4-5-21-17/h2-5,10-11H,6-9H2,1H3. The molecule has 0 aliphatic carbocycles. The van der Waals surface area contributed by atoms with Gasteiger partial charge >= 0.3 is 5.97 Å². The highest BCUT2D eigenvalue weighted by Gasteiger charge is 2.31. The molecule has 1 aliphatic heterocycles. The van der Waals surface area contributed by atoms with Crippen LogP contribution in [0.15, 0.2) is 41.4 Å². The van der Waals surface area contributed by atoms with Gasteiger partial charge in [0, 0.05) is 32.4 Å². The van der Waals surface area contributed by atoms with Crippen LogP contribution in [0.5, 0.6) is 0 Å². The zero-order valence-electron chi connectivity index (χ0n) is 15.0. The number of benzene rings is 1. The molecule has 0 unspecified atom stereocenters. The highest BCUT2D eigenvalue weighted by molar-refractivity contribution is 7.89. The Morgan fingerprint density at radius 3 is 2.57 bits per heavy atom. The number of ether oxygens (including phenoxy) is 1. The van der Waals surface area contributed by atoms with Gasteiger partial charge in [0.2, 0.25) is 10.0 Å². The van der Waals surface area contributed by atoms with Crippen molar-refractivity contribution in [2.75, 3.05) is 38.2 Å². The number of piperazine rings is 1. The molecule has 0 atom stereocenters. The van der Waals surface area contributed by atoms with E-state index in [1.807, 2.05) is 4.90 Å². The summed E-state index contributed by atoms with van der Waals surface area (Å²) in [6, 6.07) is 9.36. The number of carbonyl (C=O) groups excluding carboxylic acids is 1. The number of sulfonamides is 1. The monoisotopic (exact) mass is 420 g/mol. The highest BCUT2D eigenvalue weighted by Crippen LogP contribution is 2.27. The molecule has 1 saturated heterocycles. The summed E-state index contributed by atoms with van der Waals surface area (Å²) in [6.07, 6.45) is 1.55. The van der Waals surface area contributed by atoms with Crippen LogP contribution in [0.25, 0.3) is 0 Å². The van der Waals surface area contributed by atoms with Crippen LogP contribution in [-0.2, 0) is 14.8 Å². The molecular formula is C18H17ClN4O4S. The van der Waals surface area contributed by atoms with E-state index in [1.165, 1.54) is 29.6 Å². The highest BCUT2D eigenvalue weighted by atomic mass is 35.5. The number of pyridine rings is 1. The van der Waals surface area contributed by atoms with Gasteiger partial charge in [-0.15, -0.1) is 0 Å². The average Bonchev–Trinajstić information content (AvgIpc) is 2.73. The number of hydrogen-bond donors (Lipinski definition) is 0. The minimum Gasteiger partial charge on any atom is -0.465 e. The van der Waals surface area contributed by atoms with E-state index in [9.17, 15) is 13.2 Å². The van der Waals surface area contributed by atoms with E-state index >= 15 is 0 Å². The Balaban J connectivity index is 1.80. The van der Waals surface area contributed by atoms with Crippen molar-refractivity contribution in [2.45, 2.75) is 4.90 Å². The van der Waals surface area contributed by atoms with Crippen molar-refractivity contribution in [3.8, 4) is 6.07 Å². The Morgan fingerprint density at radius 1 is 1.21 bits per heavy atom. The lowest BCUT2D eigenvalue weighted by atomic mass is 10.2. The molecular weight excluding hydrogens is 404 g/mol. The summed E-state index contributed by atoms with van der Waals surface area (Å²) in [4.78, 5) is 17.8. The Labute approximate surface area is 168 Å². The van der Waals surface area contributed by atoms with Gasteiger partial charge in [0.25, 0.3) is 0 Å². The number of hydrogen-bond acceptors (Lipinski definition) is 7. The fourth-order valence-electron chi connectivity index (χ4n) is 2.90. The van der Waals surface area contributed by atoms with Crippen LogP contribution in [0.2, 0.25) is 5.02 Å². The lowest BCUT2D eigenvalue weighted by Gasteiger charge is -2.34. The van der Waals surface area contributed by atoms with Crippen LogP contribution in [0.3, 0.4) is 0 Å². The van der Waals surface area contributed by atoms with Gasteiger partial charge in [0.15, 0.2) is 0 Å². The predicted molar refractivity (Wildman–Crippen MR) is 103 cm³/mol. The smallest absolute Gasteiger partial charge is 0.337 e. The minimum atomic E-state index is -3.88. The first kappa shape index (κ1) is 20.1. The molecule has 0 radical (unpaired) electrons. The number of halogens is 1. The van der Waals surface area contributed by atoms with E-state index in [0.717, 1.165) is 0 Å². The Kier molecular flexibility index (Phi) is 5.84. The fourth-order valence-corrected chi connectivity index (χ4v) is 4.83. The molecule has 3 rings (SSSR count). The molecule has 0 saturated carbocycles. The zero-order valence-corrected chi connectivity index (χ0v) is 16.6. The summed E-state index contributed by atoms with van der Waals surface area (Å²) >= 11 is 6.10. The first-order valence-corrected chi connectivity index (χ1v) is 10.2. The fraction of sp³-hybridized carbons (Fsp3) is 0.278. The first-order valence-electron chi connectivity index (χ1n) is 8.36. The summed E-state index contributed by atoms with van der Waals surface area (Å²) in [6.45, 7) is 1.27. The van der Waals surface area contributed by atoms with Crippen LogP contribution < -0.4 is 4.90 Å². The van der Waals surface area contributed by atoms with Crippen molar-refractivity contribution < 1.29 is 17.9 Å². The second-order valence-electron chi connectivity index (χ2n) is 6.04. The van der Waals surface area contributed by atoms with Crippen molar-refractivity contribution in [3.63, 3.8) is 0 Å². The van der Waals surface area contributed by atoms with Crippen molar-refractivity contribution in [2.24, 2.45) is 0 Å². The molecule has 2 heterocycles. The van der Waals surface area contributed by atoms with E-state index in [0.29, 0.717) is 24.5 Å². The summed E-state index contributed by atoms with van der Waals surface area (Å²) in [7, 11) is -2.66. The first-order chi connectivity index (χ1) is 13.4. The molecule has 0 bridgehead atoms. The molecule has 2 aromatic rings. The van der Waals surface area contributed by atoms with Crippen LogP contribution in [0.4, 0.5) is 5.82 Å². The van der Waals surface area contributed by atoms with Crippen LogP contribution in [0.1, 0.15) is 15.9 Å². The molecule has 0 spiro atoms. The number of methoxy groups -OCH3 is 1. The molecule has 28 heavy (non-hydrogen) atoms. The number of nitriles is 1. The molecule has 146 valence electrons. The number of anilines is 1. The van der Waals surface area contributed by atoms with E-state index in [1.54, 1.807) is 18.3 Å². The maximum absolute atomic E-state index is 13.0.